The van der Waals surface area contributed by atoms with E-state index < -0.39 is 23.4 Å². The smallest absolute Gasteiger partial charge is 0.303 e. The molecule has 0 heterocycles. The number of rotatable bonds is 8. The molecule has 0 aromatic rings. The molecular weight excluding hydrogens is 244 g/mol. The van der Waals surface area contributed by atoms with Crippen LogP contribution in [0.1, 0.15) is 39.5 Å². The summed E-state index contributed by atoms with van der Waals surface area (Å²) in [5.74, 6) is -2.16. The molecule has 0 rings (SSSR count). The fourth-order valence-corrected chi connectivity index (χ4v) is 1.00. The second-order valence-electron chi connectivity index (χ2n) is 4.42. The molecule has 0 aliphatic carbocycles. The van der Waals surface area contributed by atoms with Crippen LogP contribution >= 0.6 is 0 Å². The Balaban J connectivity index is 4.40. The minimum Gasteiger partial charge on any atom is -0.481 e. The predicted octanol–water partition coefficient (Wildman–Crippen LogP) is 0.585. The Kier molecular flexibility index (Phi) is 5.86. The largest absolute Gasteiger partial charge is 0.481 e. The van der Waals surface area contributed by atoms with E-state index in [0.717, 1.165) is 0 Å². The minimum absolute atomic E-state index is 0.152. The quantitative estimate of drug-likeness (QED) is 0.472. The number of nitrogens with zero attached hydrogens (tertiary/aromatic N) is 2. The zero-order valence-corrected chi connectivity index (χ0v) is 10.3. The van der Waals surface area contributed by atoms with Gasteiger partial charge in [0.1, 0.15) is 0 Å². The fraction of sp³-hybridized carbons (Fsp3) is 0.800. The van der Waals surface area contributed by atoms with Gasteiger partial charge in [0.15, 0.2) is 11.4 Å². The molecule has 18 heavy (non-hydrogen) atoms. The average molecular weight is 262 g/mol. The summed E-state index contributed by atoms with van der Waals surface area (Å²) in [5, 5.41) is 43.1. The molecule has 8 nitrogen and oxygen atoms in total. The summed E-state index contributed by atoms with van der Waals surface area (Å²) in [7, 11) is 0. The van der Waals surface area contributed by atoms with E-state index in [0.29, 0.717) is 0 Å². The highest BCUT2D eigenvalue weighted by Gasteiger charge is 2.25. The zero-order chi connectivity index (χ0) is 14.4. The van der Waals surface area contributed by atoms with Crippen LogP contribution in [0.15, 0.2) is 10.2 Å². The molecule has 104 valence electrons. The maximum atomic E-state index is 10.3. The third kappa shape index (κ3) is 8.59. The van der Waals surface area contributed by atoms with Gasteiger partial charge in [0.25, 0.3) is 0 Å². The Bertz CT molecular complexity index is 305. The van der Waals surface area contributed by atoms with E-state index >= 15 is 0 Å². The van der Waals surface area contributed by atoms with Gasteiger partial charge in [-0.3, -0.25) is 9.59 Å². The van der Waals surface area contributed by atoms with Crippen molar-refractivity contribution in [1.82, 2.24) is 0 Å². The van der Waals surface area contributed by atoms with Crippen molar-refractivity contribution in [1.29, 1.82) is 0 Å². The normalized spacial score (nSPS) is 18.2. The van der Waals surface area contributed by atoms with Crippen molar-refractivity contribution >= 4 is 11.9 Å². The van der Waals surface area contributed by atoms with Crippen molar-refractivity contribution in [2.24, 2.45) is 10.2 Å². The van der Waals surface area contributed by atoms with E-state index in [-0.39, 0.29) is 25.7 Å². The lowest BCUT2D eigenvalue weighted by Crippen LogP contribution is -2.26. The summed E-state index contributed by atoms with van der Waals surface area (Å²) < 4.78 is 0. The van der Waals surface area contributed by atoms with Gasteiger partial charge in [-0.25, -0.2) is 0 Å². The highest BCUT2D eigenvalue weighted by molar-refractivity contribution is 5.67. The molecule has 0 aromatic heterocycles. The van der Waals surface area contributed by atoms with Crippen LogP contribution in [0, 0.1) is 0 Å². The van der Waals surface area contributed by atoms with Crippen molar-refractivity contribution in [3.8, 4) is 0 Å². The Morgan fingerprint density at radius 3 is 1.39 bits per heavy atom. The van der Waals surface area contributed by atoms with Crippen LogP contribution in [0.2, 0.25) is 0 Å². The van der Waals surface area contributed by atoms with Gasteiger partial charge in [-0.1, -0.05) is 0 Å². The molecule has 0 amide bonds. The van der Waals surface area contributed by atoms with Crippen molar-refractivity contribution in [2.45, 2.75) is 51.0 Å². The topological polar surface area (TPSA) is 140 Å². The molecule has 0 saturated heterocycles. The third-order valence-corrected chi connectivity index (χ3v) is 2.11. The molecule has 0 aliphatic rings. The van der Waals surface area contributed by atoms with Gasteiger partial charge in [0.2, 0.25) is 0 Å². The van der Waals surface area contributed by atoms with Gasteiger partial charge in [0.05, 0.1) is 12.8 Å². The zero-order valence-electron chi connectivity index (χ0n) is 10.3. The van der Waals surface area contributed by atoms with Gasteiger partial charge in [-0.15, -0.1) is 0 Å². The number of aliphatic hydroxyl groups is 2. The van der Waals surface area contributed by atoms with Crippen LogP contribution in [-0.4, -0.2) is 43.8 Å². The van der Waals surface area contributed by atoms with E-state index in [4.69, 9.17) is 10.2 Å². The van der Waals surface area contributed by atoms with Crippen molar-refractivity contribution in [3.63, 3.8) is 0 Å². The van der Waals surface area contributed by atoms with Gasteiger partial charge in [0, 0.05) is 12.8 Å². The van der Waals surface area contributed by atoms with Crippen LogP contribution in [0.3, 0.4) is 0 Å². The van der Waals surface area contributed by atoms with Gasteiger partial charge in [-0.05, 0) is 13.8 Å². The first kappa shape index (κ1) is 16.5. The molecule has 8 heteroatoms. The van der Waals surface area contributed by atoms with Crippen LogP contribution < -0.4 is 0 Å². The Hall–Kier alpha value is -1.54. The molecule has 0 spiro atoms. The summed E-state index contributed by atoms with van der Waals surface area (Å²) >= 11 is 0. The number of azo groups is 1. The molecule has 2 unspecified atom stereocenters. The van der Waals surface area contributed by atoms with Crippen LogP contribution in [0.4, 0.5) is 0 Å². The van der Waals surface area contributed by atoms with E-state index in [9.17, 15) is 19.8 Å². The third-order valence-electron chi connectivity index (χ3n) is 2.11. The molecule has 0 bridgehead atoms. The number of hydrogen-bond donors (Lipinski definition) is 4. The lowest BCUT2D eigenvalue weighted by molar-refractivity contribution is -0.139. The fourth-order valence-electron chi connectivity index (χ4n) is 1.00. The number of carbonyl (C=O) groups is 2. The molecule has 0 aromatic carbocycles. The molecule has 4 N–H and O–H groups in total. The van der Waals surface area contributed by atoms with Crippen molar-refractivity contribution in [2.75, 3.05) is 0 Å². The summed E-state index contributed by atoms with van der Waals surface area (Å²) in [6.07, 6.45) is -0.881. The van der Waals surface area contributed by atoms with Gasteiger partial charge >= 0.3 is 11.9 Å². The van der Waals surface area contributed by atoms with Crippen molar-refractivity contribution in [3.05, 3.63) is 0 Å². The van der Waals surface area contributed by atoms with E-state index in [1.807, 2.05) is 0 Å². The van der Waals surface area contributed by atoms with Gasteiger partial charge in [-0.2, -0.15) is 10.2 Å². The summed E-state index contributed by atoms with van der Waals surface area (Å²) in [5.41, 5.74) is -3.41. The molecule has 0 fully saturated rings. The van der Waals surface area contributed by atoms with Gasteiger partial charge < -0.3 is 20.4 Å². The molecule has 2 atom stereocenters. The molecular formula is C10H18N2O6. The predicted molar refractivity (Wildman–Crippen MR) is 59.8 cm³/mol. The Morgan fingerprint density at radius 2 is 1.17 bits per heavy atom. The SMILES string of the molecule is CC(O)(CCC(=O)O)N=NC(C)(O)CCC(=O)O. The van der Waals surface area contributed by atoms with E-state index in [1.54, 1.807) is 0 Å². The summed E-state index contributed by atoms with van der Waals surface area (Å²) in [4.78, 5) is 20.7. The second-order valence-corrected chi connectivity index (χ2v) is 4.42. The maximum Gasteiger partial charge on any atom is 0.303 e. The lowest BCUT2D eigenvalue weighted by Gasteiger charge is -2.20. The Labute approximate surface area is 104 Å². The number of aliphatic carboxylic acids is 2. The number of hydrogen-bond acceptors (Lipinski definition) is 6. The second kappa shape index (κ2) is 6.41. The first-order valence-corrected chi connectivity index (χ1v) is 5.36. The number of carboxylic acids is 2. The van der Waals surface area contributed by atoms with Crippen LogP contribution in [0.5, 0.6) is 0 Å². The first-order chi connectivity index (χ1) is 8.04. The summed E-state index contributed by atoms with van der Waals surface area (Å²) in [6.45, 7) is 2.51. The van der Waals surface area contributed by atoms with Crippen molar-refractivity contribution < 1.29 is 30.0 Å². The molecule has 0 radical (unpaired) electrons. The maximum absolute atomic E-state index is 10.3. The highest BCUT2D eigenvalue weighted by atomic mass is 16.4. The highest BCUT2D eigenvalue weighted by Crippen LogP contribution is 2.20. The van der Waals surface area contributed by atoms with Crippen LogP contribution in [-0.2, 0) is 9.59 Å². The van der Waals surface area contributed by atoms with E-state index in [2.05, 4.69) is 10.2 Å². The monoisotopic (exact) mass is 262 g/mol. The van der Waals surface area contributed by atoms with E-state index in [1.165, 1.54) is 13.8 Å². The average Bonchev–Trinajstić information content (AvgIpc) is 2.22. The minimum atomic E-state index is -1.70. The number of carboxylic acid groups (broad SMARTS) is 2. The first-order valence-electron chi connectivity index (χ1n) is 5.36. The lowest BCUT2D eigenvalue weighted by atomic mass is 10.1. The standard InChI is InChI=1S/C10H18N2O6/c1-9(17,5-3-7(13)14)11-12-10(2,18)6-4-8(15)16/h17-18H,3-6H2,1-2H3,(H,13,14)(H,15,16). The molecule has 0 aliphatic heterocycles. The van der Waals surface area contributed by atoms with Crippen LogP contribution in [0.25, 0.3) is 0 Å². The Morgan fingerprint density at radius 1 is 0.889 bits per heavy atom. The molecule has 0 saturated carbocycles. The summed E-state index contributed by atoms with van der Waals surface area (Å²) in [6, 6.07) is 0.